The third kappa shape index (κ3) is 2.69. The van der Waals surface area contributed by atoms with Gasteiger partial charge in [-0.3, -0.25) is 4.57 Å². The van der Waals surface area contributed by atoms with Crippen LogP contribution < -0.4 is 16.6 Å². The Morgan fingerprint density at radius 1 is 1.38 bits per heavy atom. The second-order valence-electron chi connectivity index (χ2n) is 4.73. The summed E-state index contributed by atoms with van der Waals surface area (Å²) in [6.07, 6.45) is 1.86. The van der Waals surface area contributed by atoms with Gasteiger partial charge in [0.25, 0.3) is 0 Å². The van der Waals surface area contributed by atoms with Crippen LogP contribution in [0, 0.1) is 0 Å². The third-order valence-corrected chi connectivity index (χ3v) is 5.13. The molecular formula is C11H13N5O3S2. The predicted octanol–water partition coefficient (Wildman–Crippen LogP) is 0.287. The highest BCUT2D eigenvalue weighted by molar-refractivity contribution is 7.99. The summed E-state index contributed by atoms with van der Waals surface area (Å²) >= 11 is 1.14. The maximum atomic E-state index is 11.7. The van der Waals surface area contributed by atoms with Crippen LogP contribution in [0.4, 0.5) is 5.69 Å². The third-order valence-electron chi connectivity index (χ3n) is 3.12. The first kappa shape index (κ1) is 14.2. The van der Waals surface area contributed by atoms with Gasteiger partial charge in [-0.25, -0.2) is 23.4 Å². The fourth-order valence-corrected chi connectivity index (χ4v) is 3.71. The van der Waals surface area contributed by atoms with E-state index in [9.17, 15) is 13.2 Å². The van der Waals surface area contributed by atoms with Crippen LogP contribution in [0.25, 0.3) is 0 Å². The molecule has 0 spiro atoms. The van der Waals surface area contributed by atoms with Gasteiger partial charge in [0, 0.05) is 10.9 Å². The Hall–Kier alpha value is -1.78. The van der Waals surface area contributed by atoms with E-state index in [1.54, 1.807) is 16.7 Å². The van der Waals surface area contributed by atoms with Gasteiger partial charge in [-0.05, 0) is 36.7 Å². The standard InChI is InChI=1S/C11H13N5O3S2/c12-9-7(2-1-3-8(9)21(13,18)19)20-11-15-14-10(17)16(11)6-4-5-6/h1-3,6H,4-5,12H2,(H,14,17)(H2,13,18,19). The molecule has 0 bridgehead atoms. The number of nitrogens with one attached hydrogen (secondary N) is 1. The molecule has 0 atom stereocenters. The Labute approximate surface area is 124 Å². The monoisotopic (exact) mass is 327 g/mol. The number of hydrogen-bond acceptors (Lipinski definition) is 6. The molecule has 21 heavy (non-hydrogen) atoms. The van der Waals surface area contributed by atoms with Crippen LogP contribution in [0.3, 0.4) is 0 Å². The second kappa shape index (κ2) is 4.90. The number of anilines is 1. The van der Waals surface area contributed by atoms with Crippen molar-refractivity contribution in [2.45, 2.75) is 33.8 Å². The summed E-state index contributed by atoms with van der Waals surface area (Å²) in [5.74, 6) is 0. The summed E-state index contributed by atoms with van der Waals surface area (Å²) in [6, 6.07) is 4.70. The zero-order valence-electron chi connectivity index (χ0n) is 10.8. The second-order valence-corrected chi connectivity index (χ2v) is 7.27. The molecule has 0 radical (unpaired) electrons. The maximum Gasteiger partial charge on any atom is 0.344 e. The molecule has 2 aromatic rings. The van der Waals surface area contributed by atoms with E-state index in [0.717, 1.165) is 24.6 Å². The van der Waals surface area contributed by atoms with Crippen molar-refractivity contribution in [2.24, 2.45) is 5.14 Å². The number of H-pyrrole nitrogens is 1. The Balaban J connectivity index is 2.02. The first-order chi connectivity index (χ1) is 9.88. The Bertz CT molecular complexity index is 851. The van der Waals surface area contributed by atoms with Crippen LogP contribution in [0.1, 0.15) is 18.9 Å². The van der Waals surface area contributed by atoms with Gasteiger partial charge in [0.15, 0.2) is 5.16 Å². The zero-order chi connectivity index (χ0) is 15.2. The van der Waals surface area contributed by atoms with Crippen molar-refractivity contribution in [3.63, 3.8) is 0 Å². The van der Waals surface area contributed by atoms with E-state index in [1.807, 2.05) is 0 Å². The highest BCUT2D eigenvalue weighted by Crippen LogP contribution is 2.39. The molecule has 0 amide bonds. The van der Waals surface area contributed by atoms with E-state index < -0.39 is 10.0 Å². The zero-order valence-corrected chi connectivity index (χ0v) is 12.4. The summed E-state index contributed by atoms with van der Waals surface area (Å²) in [7, 11) is -3.89. The topological polar surface area (TPSA) is 137 Å². The van der Waals surface area contributed by atoms with Crippen molar-refractivity contribution in [1.29, 1.82) is 0 Å². The lowest BCUT2D eigenvalue weighted by atomic mass is 10.3. The molecule has 0 aliphatic heterocycles. The molecule has 1 fully saturated rings. The number of nitrogens with two attached hydrogens (primary N) is 2. The largest absolute Gasteiger partial charge is 0.397 e. The van der Waals surface area contributed by atoms with Crippen LogP contribution in [-0.2, 0) is 10.0 Å². The number of benzene rings is 1. The lowest BCUT2D eigenvalue weighted by Gasteiger charge is -2.09. The number of rotatable bonds is 4. The Kier molecular flexibility index (Phi) is 3.30. The van der Waals surface area contributed by atoms with Crippen LogP contribution in [0.2, 0.25) is 0 Å². The normalized spacial score (nSPS) is 15.3. The fourth-order valence-electron chi connectivity index (χ4n) is 1.98. The Morgan fingerprint density at radius 2 is 2.10 bits per heavy atom. The van der Waals surface area contributed by atoms with E-state index in [-0.39, 0.29) is 22.3 Å². The number of para-hydroxylation sites is 1. The minimum Gasteiger partial charge on any atom is -0.397 e. The van der Waals surface area contributed by atoms with E-state index in [2.05, 4.69) is 10.2 Å². The van der Waals surface area contributed by atoms with Crippen molar-refractivity contribution < 1.29 is 8.42 Å². The van der Waals surface area contributed by atoms with E-state index in [1.165, 1.54) is 6.07 Å². The maximum absolute atomic E-state index is 11.7. The van der Waals surface area contributed by atoms with E-state index in [0.29, 0.717) is 10.1 Å². The van der Waals surface area contributed by atoms with Crippen molar-refractivity contribution in [1.82, 2.24) is 14.8 Å². The summed E-state index contributed by atoms with van der Waals surface area (Å²) in [6.45, 7) is 0. The van der Waals surface area contributed by atoms with Crippen LogP contribution >= 0.6 is 11.8 Å². The smallest absolute Gasteiger partial charge is 0.344 e. The molecule has 1 saturated carbocycles. The van der Waals surface area contributed by atoms with Gasteiger partial charge in [-0.1, -0.05) is 6.07 Å². The first-order valence-corrected chi connectivity index (χ1v) is 8.50. The molecule has 10 heteroatoms. The van der Waals surface area contributed by atoms with Crippen molar-refractivity contribution >= 4 is 27.5 Å². The molecule has 1 aromatic carbocycles. The van der Waals surface area contributed by atoms with Gasteiger partial charge >= 0.3 is 5.69 Å². The SMILES string of the molecule is Nc1c(Sc2n[nH]c(=O)n2C2CC2)cccc1S(N)(=O)=O. The molecule has 0 saturated heterocycles. The number of primary sulfonamides is 1. The van der Waals surface area contributed by atoms with E-state index in [4.69, 9.17) is 10.9 Å². The molecule has 1 aliphatic rings. The van der Waals surface area contributed by atoms with Crippen molar-refractivity contribution in [2.75, 3.05) is 5.73 Å². The van der Waals surface area contributed by atoms with Gasteiger partial charge in [0.2, 0.25) is 10.0 Å². The number of aromatic nitrogens is 3. The Morgan fingerprint density at radius 3 is 2.71 bits per heavy atom. The molecule has 3 rings (SSSR count). The number of hydrogen-bond donors (Lipinski definition) is 3. The molecule has 1 aliphatic carbocycles. The van der Waals surface area contributed by atoms with Crippen molar-refractivity contribution in [3.8, 4) is 0 Å². The first-order valence-electron chi connectivity index (χ1n) is 6.14. The minimum absolute atomic E-state index is 0.0581. The fraction of sp³-hybridized carbons (Fsp3) is 0.273. The van der Waals surface area contributed by atoms with Gasteiger partial charge in [-0.2, -0.15) is 0 Å². The summed E-state index contributed by atoms with van der Waals surface area (Å²) < 4.78 is 24.5. The molecule has 112 valence electrons. The summed E-state index contributed by atoms with van der Waals surface area (Å²) in [5.41, 5.74) is 5.64. The molecule has 0 unspecified atom stereocenters. The average molecular weight is 327 g/mol. The van der Waals surface area contributed by atoms with Gasteiger partial charge in [0.1, 0.15) is 4.90 Å². The highest BCUT2D eigenvalue weighted by Gasteiger charge is 2.29. The van der Waals surface area contributed by atoms with Crippen LogP contribution in [0.15, 0.2) is 37.9 Å². The molecule has 8 nitrogen and oxygen atoms in total. The average Bonchev–Trinajstić information content (AvgIpc) is 3.16. The molecule has 5 N–H and O–H groups in total. The lowest BCUT2D eigenvalue weighted by Crippen LogP contribution is -2.16. The summed E-state index contributed by atoms with van der Waals surface area (Å²) in [4.78, 5) is 12.1. The molecular weight excluding hydrogens is 314 g/mol. The van der Waals surface area contributed by atoms with Gasteiger partial charge < -0.3 is 5.73 Å². The highest BCUT2D eigenvalue weighted by atomic mass is 32.2. The number of sulfonamides is 1. The van der Waals surface area contributed by atoms with Crippen molar-refractivity contribution in [3.05, 3.63) is 28.7 Å². The lowest BCUT2D eigenvalue weighted by molar-refractivity contribution is 0.598. The number of nitrogen functional groups attached to an aromatic ring is 1. The van der Waals surface area contributed by atoms with Crippen LogP contribution in [0.5, 0.6) is 0 Å². The van der Waals surface area contributed by atoms with Gasteiger partial charge in [-0.15, -0.1) is 5.10 Å². The molecule has 1 heterocycles. The predicted molar refractivity (Wildman–Crippen MR) is 77.5 cm³/mol. The quantitative estimate of drug-likeness (QED) is 0.690. The molecule has 1 aromatic heterocycles. The number of aromatic amines is 1. The van der Waals surface area contributed by atoms with Crippen LogP contribution in [-0.4, -0.2) is 23.2 Å². The number of nitrogens with zero attached hydrogens (tertiary/aromatic N) is 2. The van der Waals surface area contributed by atoms with E-state index >= 15 is 0 Å². The summed E-state index contributed by atoms with van der Waals surface area (Å²) in [5, 5.41) is 11.9. The minimum atomic E-state index is -3.89. The van der Waals surface area contributed by atoms with Gasteiger partial charge in [0.05, 0.1) is 5.69 Å².